The van der Waals surface area contributed by atoms with Crippen molar-refractivity contribution >= 4 is 38.7 Å². The van der Waals surface area contributed by atoms with Gasteiger partial charge in [0.05, 0.1) is 24.4 Å². The van der Waals surface area contributed by atoms with Gasteiger partial charge in [-0.15, -0.1) is 0 Å². The second-order valence-electron chi connectivity index (χ2n) is 5.35. The summed E-state index contributed by atoms with van der Waals surface area (Å²) < 4.78 is 11.7. The van der Waals surface area contributed by atoms with Crippen molar-refractivity contribution in [2.45, 2.75) is 6.92 Å². The molecule has 6 heteroatoms. The number of para-hydroxylation sites is 2. The number of hydrogen-bond donors (Lipinski definition) is 1. The van der Waals surface area contributed by atoms with Crippen LogP contribution in [0.3, 0.4) is 0 Å². The number of carbonyl (C=O) groups excluding carboxylic acids is 1. The molecule has 5 nitrogen and oxygen atoms in total. The van der Waals surface area contributed by atoms with Crippen LogP contribution in [0.4, 0.5) is 5.13 Å². The lowest BCUT2D eigenvalue weighted by atomic mass is 10.1. The molecule has 0 radical (unpaired) electrons. The molecule has 0 saturated carbocycles. The number of benzene rings is 2. The summed E-state index contributed by atoms with van der Waals surface area (Å²) >= 11 is 1.45. The van der Waals surface area contributed by atoms with E-state index in [0.717, 1.165) is 21.3 Å². The van der Waals surface area contributed by atoms with E-state index in [1.807, 2.05) is 37.3 Å². The maximum absolute atomic E-state index is 12.2. The van der Waals surface area contributed by atoms with Crippen molar-refractivity contribution in [3.63, 3.8) is 0 Å². The second-order valence-corrected chi connectivity index (χ2v) is 6.38. The maximum Gasteiger partial charge on any atom is 0.250 e. The number of fused-ring (bicyclic) bond motifs is 1. The van der Waals surface area contributed by atoms with Crippen LogP contribution in [-0.2, 0) is 4.79 Å². The molecule has 0 saturated heterocycles. The van der Waals surface area contributed by atoms with Crippen molar-refractivity contribution in [1.82, 2.24) is 4.98 Å². The summed E-state index contributed by atoms with van der Waals surface area (Å²) in [4.78, 5) is 16.7. The summed E-state index contributed by atoms with van der Waals surface area (Å²) in [6, 6.07) is 11.5. The molecule has 0 spiro atoms. The number of nitrogens with zero attached hydrogens (tertiary/aromatic N) is 1. The molecule has 0 aliphatic carbocycles. The number of carbonyl (C=O) groups is 1. The highest BCUT2D eigenvalue weighted by molar-refractivity contribution is 7.22. The van der Waals surface area contributed by atoms with Crippen LogP contribution in [0.15, 0.2) is 42.5 Å². The van der Waals surface area contributed by atoms with Gasteiger partial charge in [-0.1, -0.05) is 35.6 Å². The van der Waals surface area contributed by atoms with E-state index < -0.39 is 0 Å². The molecule has 0 bridgehead atoms. The highest BCUT2D eigenvalue weighted by atomic mass is 32.1. The molecule has 1 amide bonds. The Morgan fingerprint density at radius 1 is 1.16 bits per heavy atom. The summed E-state index contributed by atoms with van der Waals surface area (Å²) in [5, 5.41) is 3.38. The van der Waals surface area contributed by atoms with Crippen LogP contribution in [0.25, 0.3) is 16.3 Å². The summed E-state index contributed by atoms with van der Waals surface area (Å²) in [5.41, 5.74) is 2.77. The van der Waals surface area contributed by atoms with Crippen molar-refractivity contribution < 1.29 is 14.3 Å². The summed E-state index contributed by atoms with van der Waals surface area (Å²) in [6.45, 7) is 2.00. The number of rotatable bonds is 5. The molecule has 0 aliphatic rings. The van der Waals surface area contributed by atoms with Crippen LogP contribution < -0.4 is 14.8 Å². The number of hydrogen-bond acceptors (Lipinski definition) is 5. The Balaban J connectivity index is 1.78. The second kappa shape index (κ2) is 7.36. The lowest BCUT2D eigenvalue weighted by molar-refractivity contribution is -0.111. The zero-order valence-corrected chi connectivity index (χ0v) is 15.0. The van der Waals surface area contributed by atoms with Crippen LogP contribution in [-0.4, -0.2) is 25.1 Å². The van der Waals surface area contributed by atoms with Gasteiger partial charge in [-0.25, -0.2) is 4.98 Å². The van der Waals surface area contributed by atoms with E-state index in [4.69, 9.17) is 9.47 Å². The zero-order valence-electron chi connectivity index (χ0n) is 14.2. The van der Waals surface area contributed by atoms with Crippen molar-refractivity contribution in [1.29, 1.82) is 0 Å². The molecule has 0 unspecified atom stereocenters. The fraction of sp³-hybridized carbons (Fsp3) is 0.158. The Morgan fingerprint density at radius 2 is 1.96 bits per heavy atom. The van der Waals surface area contributed by atoms with Gasteiger partial charge in [-0.05, 0) is 30.7 Å². The molecule has 1 aromatic heterocycles. The standard InChI is InChI=1S/C19H18N2O3S/c1-12-6-4-9-15-17(12)21-19(25-15)20-16(22)11-10-13-7-5-8-14(23-2)18(13)24-3/h4-11H,1-3H3,(H,20,21,22)/b11-10+. The molecule has 0 fully saturated rings. The minimum atomic E-state index is -0.249. The molecule has 128 valence electrons. The number of aryl methyl sites for hydroxylation is 1. The van der Waals surface area contributed by atoms with Crippen LogP contribution in [0.2, 0.25) is 0 Å². The third-order valence-corrected chi connectivity index (χ3v) is 4.63. The van der Waals surface area contributed by atoms with E-state index in [1.165, 1.54) is 17.4 Å². The van der Waals surface area contributed by atoms with E-state index in [1.54, 1.807) is 26.4 Å². The summed E-state index contributed by atoms with van der Waals surface area (Å²) in [7, 11) is 3.14. The van der Waals surface area contributed by atoms with E-state index in [0.29, 0.717) is 16.6 Å². The molecular weight excluding hydrogens is 336 g/mol. The fourth-order valence-corrected chi connectivity index (χ4v) is 3.44. The van der Waals surface area contributed by atoms with Gasteiger partial charge in [0.15, 0.2) is 16.6 Å². The molecule has 2 aromatic carbocycles. The van der Waals surface area contributed by atoms with Crippen LogP contribution >= 0.6 is 11.3 Å². The van der Waals surface area contributed by atoms with Crippen LogP contribution in [0.5, 0.6) is 11.5 Å². The normalized spacial score (nSPS) is 11.0. The van der Waals surface area contributed by atoms with Gasteiger partial charge in [0.2, 0.25) is 5.91 Å². The van der Waals surface area contributed by atoms with Crippen LogP contribution in [0, 0.1) is 6.92 Å². The molecular formula is C19H18N2O3S. The lowest BCUT2D eigenvalue weighted by Crippen LogP contribution is -2.07. The van der Waals surface area contributed by atoms with E-state index >= 15 is 0 Å². The van der Waals surface area contributed by atoms with Gasteiger partial charge in [0, 0.05) is 11.6 Å². The molecule has 1 heterocycles. The van der Waals surface area contributed by atoms with Crippen molar-refractivity contribution in [3.05, 3.63) is 53.6 Å². The maximum atomic E-state index is 12.2. The Labute approximate surface area is 149 Å². The zero-order chi connectivity index (χ0) is 17.8. The van der Waals surface area contributed by atoms with Gasteiger partial charge in [0.25, 0.3) is 0 Å². The smallest absolute Gasteiger partial charge is 0.250 e. The van der Waals surface area contributed by atoms with Gasteiger partial charge in [-0.3, -0.25) is 10.1 Å². The van der Waals surface area contributed by atoms with Crippen molar-refractivity contribution in [2.75, 3.05) is 19.5 Å². The first-order chi connectivity index (χ1) is 12.1. The number of methoxy groups -OCH3 is 2. The summed E-state index contributed by atoms with van der Waals surface area (Å²) in [6.07, 6.45) is 3.14. The van der Waals surface area contributed by atoms with E-state index in [9.17, 15) is 4.79 Å². The average molecular weight is 354 g/mol. The third-order valence-electron chi connectivity index (χ3n) is 3.70. The topological polar surface area (TPSA) is 60.5 Å². The largest absolute Gasteiger partial charge is 0.493 e. The predicted octanol–water partition coefficient (Wildman–Crippen LogP) is 4.27. The first-order valence-corrected chi connectivity index (χ1v) is 8.50. The highest BCUT2D eigenvalue weighted by Crippen LogP contribution is 2.31. The van der Waals surface area contributed by atoms with Crippen molar-refractivity contribution in [3.8, 4) is 11.5 Å². The number of amides is 1. The molecule has 25 heavy (non-hydrogen) atoms. The Hall–Kier alpha value is -2.86. The van der Waals surface area contributed by atoms with E-state index in [2.05, 4.69) is 10.3 Å². The lowest BCUT2D eigenvalue weighted by Gasteiger charge is -2.09. The number of aromatic nitrogens is 1. The van der Waals surface area contributed by atoms with Gasteiger partial charge in [0.1, 0.15) is 0 Å². The van der Waals surface area contributed by atoms with E-state index in [-0.39, 0.29) is 5.91 Å². The number of thiazole rings is 1. The fourth-order valence-electron chi connectivity index (χ4n) is 2.50. The first kappa shape index (κ1) is 17.0. The van der Waals surface area contributed by atoms with Gasteiger partial charge >= 0.3 is 0 Å². The molecule has 1 N–H and O–H groups in total. The Morgan fingerprint density at radius 3 is 2.68 bits per heavy atom. The Bertz CT molecular complexity index is 947. The van der Waals surface area contributed by atoms with Crippen molar-refractivity contribution in [2.24, 2.45) is 0 Å². The van der Waals surface area contributed by atoms with Gasteiger partial charge in [-0.2, -0.15) is 0 Å². The minimum absolute atomic E-state index is 0.249. The quantitative estimate of drug-likeness (QED) is 0.695. The number of nitrogens with one attached hydrogen (secondary N) is 1. The first-order valence-electron chi connectivity index (χ1n) is 7.68. The number of anilines is 1. The monoisotopic (exact) mass is 354 g/mol. The highest BCUT2D eigenvalue weighted by Gasteiger charge is 2.09. The molecule has 3 aromatic rings. The minimum Gasteiger partial charge on any atom is -0.493 e. The third kappa shape index (κ3) is 3.64. The Kier molecular flexibility index (Phi) is 5.00. The average Bonchev–Trinajstić information content (AvgIpc) is 3.03. The van der Waals surface area contributed by atoms with Gasteiger partial charge < -0.3 is 9.47 Å². The molecule has 0 aliphatic heterocycles. The molecule has 3 rings (SSSR count). The molecule has 0 atom stereocenters. The summed E-state index contributed by atoms with van der Waals surface area (Å²) in [5.74, 6) is 0.956. The predicted molar refractivity (Wildman–Crippen MR) is 102 cm³/mol. The number of ether oxygens (including phenoxy) is 2. The van der Waals surface area contributed by atoms with Crippen LogP contribution in [0.1, 0.15) is 11.1 Å². The SMILES string of the molecule is COc1cccc(/C=C/C(=O)Nc2nc3c(C)cccc3s2)c1OC.